The third-order valence-corrected chi connectivity index (χ3v) is 11.0. The van der Waals surface area contributed by atoms with E-state index in [2.05, 4.69) is 48.5 Å². The van der Waals surface area contributed by atoms with Gasteiger partial charge in [0.15, 0.2) is 0 Å². The maximum Gasteiger partial charge on any atom is 0.276 e. The lowest BCUT2D eigenvalue weighted by Gasteiger charge is -2.41. The van der Waals surface area contributed by atoms with Crippen LogP contribution in [-0.2, 0) is 0 Å². The molecule has 0 saturated heterocycles. The Labute approximate surface area is 143 Å². The fourth-order valence-corrected chi connectivity index (χ4v) is 9.09. The van der Waals surface area contributed by atoms with E-state index in [1.807, 2.05) is 6.07 Å². The van der Waals surface area contributed by atoms with Crippen LogP contribution in [0.2, 0.25) is 16.6 Å². The van der Waals surface area contributed by atoms with Gasteiger partial charge in [-0.25, -0.2) is 0 Å². The normalized spacial score (nSPS) is 14.0. The third-order valence-electron chi connectivity index (χ3n) is 5.08. The van der Waals surface area contributed by atoms with Gasteiger partial charge >= 0.3 is 0 Å². The molecular formula is C19H36O3Si. The Hall–Kier alpha value is -0.743. The minimum absolute atomic E-state index is 0.484. The SMILES string of the molecule is CCCCCC(O)c1ccoc1O[Si](C(C)C)(C(C)C)C(C)C. The van der Waals surface area contributed by atoms with Gasteiger partial charge in [-0.2, -0.15) is 0 Å². The van der Waals surface area contributed by atoms with E-state index in [0.29, 0.717) is 22.6 Å². The Morgan fingerprint density at radius 1 is 1.04 bits per heavy atom. The number of aliphatic hydroxyl groups excluding tert-OH is 1. The number of furan rings is 1. The molecule has 0 aliphatic carbocycles. The number of unbranched alkanes of at least 4 members (excludes halogenated alkanes) is 2. The van der Waals surface area contributed by atoms with Crippen LogP contribution >= 0.6 is 0 Å². The Morgan fingerprint density at radius 2 is 1.61 bits per heavy atom. The van der Waals surface area contributed by atoms with Crippen LogP contribution in [0.25, 0.3) is 0 Å². The summed E-state index contributed by atoms with van der Waals surface area (Å²) in [5.41, 5.74) is 2.27. The summed E-state index contributed by atoms with van der Waals surface area (Å²) in [5.74, 6) is 0.553. The van der Waals surface area contributed by atoms with Crippen molar-refractivity contribution in [3.8, 4) is 5.95 Å². The molecule has 0 aromatic carbocycles. The Balaban J connectivity index is 3.01. The highest BCUT2D eigenvalue weighted by atomic mass is 28.4. The summed E-state index contributed by atoms with van der Waals surface area (Å²) >= 11 is 0. The van der Waals surface area contributed by atoms with Crippen LogP contribution in [-0.4, -0.2) is 13.4 Å². The molecule has 1 N–H and O–H groups in total. The van der Waals surface area contributed by atoms with Crippen LogP contribution in [0.3, 0.4) is 0 Å². The second-order valence-corrected chi connectivity index (χ2v) is 13.0. The van der Waals surface area contributed by atoms with E-state index in [-0.39, 0.29) is 0 Å². The summed E-state index contributed by atoms with van der Waals surface area (Å²) in [6.45, 7) is 15.7. The molecule has 0 saturated carbocycles. The van der Waals surface area contributed by atoms with E-state index in [4.69, 9.17) is 8.84 Å². The molecule has 0 radical (unpaired) electrons. The zero-order chi connectivity index (χ0) is 17.6. The summed E-state index contributed by atoms with van der Waals surface area (Å²) in [4.78, 5) is 0. The van der Waals surface area contributed by atoms with E-state index < -0.39 is 14.4 Å². The summed E-state index contributed by atoms with van der Waals surface area (Å²) in [7, 11) is -2.05. The lowest BCUT2D eigenvalue weighted by atomic mass is 10.1. The fraction of sp³-hybridized carbons (Fsp3) is 0.789. The van der Waals surface area contributed by atoms with Crippen LogP contribution in [0.5, 0.6) is 5.95 Å². The van der Waals surface area contributed by atoms with Crippen LogP contribution in [0.1, 0.15) is 85.8 Å². The van der Waals surface area contributed by atoms with Crippen molar-refractivity contribution < 1.29 is 13.9 Å². The van der Waals surface area contributed by atoms with Crippen LogP contribution < -0.4 is 4.43 Å². The van der Waals surface area contributed by atoms with Crippen molar-refractivity contribution in [1.82, 2.24) is 0 Å². The monoisotopic (exact) mass is 340 g/mol. The highest BCUT2D eigenvalue weighted by Gasteiger charge is 2.48. The van der Waals surface area contributed by atoms with Crippen molar-refractivity contribution >= 4 is 8.32 Å². The first kappa shape index (κ1) is 20.3. The van der Waals surface area contributed by atoms with Crippen LogP contribution in [0, 0.1) is 0 Å². The lowest BCUT2D eigenvalue weighted by Crippen LogP contribution is -2.50. The summed E-state index contributed by atoms with van der Waals surface area (Å²) in [6.07, 6.45) is 5.26. The molecule has 1 aromatic rings. The maximum absolute atomic E-state index is 10.5. The first-order chi connectivity index (χ1) is 10.8. The third kappa shape index (κ3) is 4.63. The van der Waals surface area contributed by atoms with Crippen LogP contribution in [0.15, 0.2) is 16.7 Å². The van der Waals surface area contributed by atoms with E-state index in [0.717, 1.165) is 31.2 Å². The molecule has 1 heterocycles. The molecule has 0 fully saturated rings. The molecule has 0 bridgehead atoms. The molecule has 134 valence electrons. The molecule has 1 unspecified atom stereocenters. The molecule has 4 heteroatoms. The lowest BCUT2D eigenvalue weighted by molar-refractivity contribution is 0.158. The van der Waals surface area contributed by atoms with Crippen molar-refractivity contribution in [3.05, 3.63) is 17.9 Å². The number of hydrogen-bond acceptors (Lipinski definition) is 3. The average Bonchev–Trinajstić information content (AvgIpc) is 2.91. The molecule has 1 aromatic heterocycles. The molecule has 3 nitrogen and oxygen atoms in total. The van der Waals surface area contributed by atoms with Crippen LogP contribution in [0.4, 0.5) is 0 Å². The van der Waals surface area contributed by atoms with Gasteiger partial charge in [-0.15, -0.1) is 0 Å². The molecule has 0 aliphatic rings. The van der Waals surface area contributed by atoms with Gasteiger partial charge in [0.25, 0.3) is 14.3 Å². The smallest absolute Gasteiger partial charge is 0.276 e. The largest absolute Gasteiger partial charge is 0.518 e. The molecule has 0 spiro atoms. The van der Waals surface area contributed by atoms with Crippen molar-refractivity contribution in [2.24, 2.45) is 0 Å². The van der Waals surface area contributed by atoms with Gasteiger partial charge in [0.05, 0.1) is 17.9 Å². The number of hydrogen-bond donors (Lipinski definition) is 1. The molecule has 1 atom stereocenters. The minimum Gasteiger partial charge on any atom is -0.518 e. The van der Waals surface area contributed by atoms with Crippen molar-refractivity contribution in [2.45, 2.75) is 96.9 Å². The Morgan fingerprint density at radius 3 is 2.09 bits per heavy atom. The number of aliphatic hydroxyl groups is 1. The van der Waals surface area contributed by atoms with E-state index in [9.17, 15) is 5.11 Å². The number of rotatable bonds is 10. The zero-order valence-corrected chi connectivity index (χ0v) is 17.1. The van der Waals surface area contributed by atoms with Gasteiger partial charge in [0.1, 0.15) is 0 Å². The first-order valence-electron chi connectivity index (χ1n) is 9.21. The Kier molecular flexibility index (Phi) is 7.88. The van der Waals surface area contributed by atoms with Gasteiger partial charge < -0.3 is 13.9 Å². The van der Waals surface area contributed by atoms with Crippen molar-refractivity contribution in [3.63, 3.8) is 0 Å². The second kappa shape index (κ2) is 8.93. The summed E-state index contributed by atoms with van der Waals surface area (Å²) in [5, 5.41) is 10.5. The summed E-state index contributed by atoms with van der Waals surface area (Å²) in [6, 6.07) is 1.87. The predicted octanol–water partition coefficient (Wildman–Crippen LogP) is 6.45. The topological polar surface area (TPSA) is 42.6 Å². The molecular weight excluding hydrogens is 304 g/mol. The van der Waals surface area contributed by atoms with E-state index in [1.54, 1.807) is 6.26 Å². The molecule has 23 heavy (non-hydrogen) atoms. The quantitative estimate of drug-likeness (QED) is 0.393. The molecule has 1 rings (SSSR count). The zero-order valence-electron chi connectivity index (χ0n) is 16.1. The van der Waals surface area contributed by atoms with Crippen molar-refractivity contribution in [2.75, 3.05) is 0 Å². The predicted molar refractivity (Wildman–Crippen MR) is 99.5 cm³/mol. The average molecular weight is 341 g/mol. The first-order valence-corrected chi connectivity index (χ1v) is 11.4. The van der Waals surface area contributed by atoms with Crippen molar-refractivity contribution in [1.29, 1.82) is 0 Å². The second-order valence-electron chi connectivity index (χ2n) is 7.59. The molecule has 0 aliphatic heterocycles. The Bertz CT molecular complexity index is 429. The summed E-state index contributed by atoms with van der Waals surface area (Å²) < 4.78 is 12.2. The van der Waals surface area contributed by atoms with Gasteiger partial charge in [-0.1, -0.05) is 67.7 Å². The fourth-order valence-electron chi connectivity index (χ4n) is 3.89. The van der Waals surface area contributed by atoms with Gasteiger partial charge in [-0.3, -0.25) is 0 Å². The highest BCUT2D eigenvalue weighted by molar-refractivity contribution is 6.78. The van der Waals surface area contributed by atoms with Gasteiger partial charge in [-0.05, 0) is 29.1 Å². The molecule has 0 amide bonds. The van der Waals surface area contributed by atoms with Gasteiger partial charge in [0, 0.05) is 0 Å². The van der Waals surface area contributed by atoms with E-state index >= 15 is 0 Å². The van der Waals surface area contributed by atoms with E-state index in [1.165, 1.54) is 0 Å². The maximum atomic E-state index is 10.5. The minimum atomic E-state index is -2.05. The standard InChI is InChI=1S/C19H36O3Si/c1-8-9-10-11-18(20)17-12-13-21-19(17)22-23(14(2)3,15(4)5)16(6)7/h12-16,18,20H,8-11H2,1-7H3. The highest BCUT2D eigenvalue weighted by Crippen LogP contribution is 2.44. The van der Waals surface area contributed by atoms with Gasteiger partial charge in [0.2, 0.25) is 0 Å².